The summed E-state index contributed by atoms with van der Waals surface area (Å²) in [5, 5.41) is 0. The van der Waals surface area contributed by atoms with Crippen molar-refractivity contribution in [2.45, 2.75) is 97.2 Å². The Labute approximate surface area is 374 Å². The molecule has 0 N–H and O–H groups in total. The second kappa shape index (κ2) is 15.2. The highest BCUT2D eigenvalue weighted by atomic mass is 16.8. The number of anilines is 1. The molecule has 4 unspecified atom stereocenters. The van der Waals surface area contributed by atoms with Gasteiger partial charge in [-0.2, -0.15) is 0 Å². The van der Waals surface area contributed by atoms with Crippen molar-refractivity contribution in [2.75, 3.05) is 12.0 Å². The lowest BCUT2D eigenvalue weighted by atomic mass is 9.48. The second-order valence-electron chi connectivity index (χ2n) is 18.7. The van der Waals surface area contributed by atoms with Gasteiger partial charge in [0.25, 0.3) is 11.6 Å². The van der Waals surface area contributed by atoms with Gasteiger partial charge < -0.3 is 28.6 Å². The molecule has 64 heavy (non-hydrogen) atoms. The van der Waals surface area contributed by atoms with Crippen LogP contribution in [0.25, 0.3) is 0 Å². The first kappa shape index (κ1) is 42.6. The minimum absolute atomic E-state index is 0.0911. The molecule has 0 amide bonds. The summed E-state index contributed by atoms with van der Waals surface area (Å²) < 4.78 is 30.8. The minimum atomic E-state index is -2.18. The lowest BCUT2D eigenvalue weighted by Gasteiger charge is -2.61. The molecule has 5 aromatic rings. The number of esters is 4. The van der Waals surface area contributed by atoms with Crippen molar-refractivity contribution in [1.82, 2.24) is 0 Å². The zero-order valence-corrected chi connectivity index (χ0v) is 37.7. The van der Waals surface area contributed by atoms with Crippen molar-refractivity contribution in [2.24, 2.45) is 10.8 Å². The molecule has 328 valence electrons. The first-order valence-corrected chi connectivity index (χ1v) is 21.8. The lowest BCUT2D eigenvalue weighted by molar-refractivity contribution is -0.256. The van der Waals surface area contributed by atoms with Crippen LogP contribution >= 0.6 is 0 Å². The van der Waals surface area contributed by atoms with E-state index in [4.69, 9.17) is 23.7 Å². The Balaban J connectivity index is 1.51. The van der Waals surface area contributed by atoms with Crippen molar-refractivity contribution >= 4 is 29.6 Å². The molecule has 0 radical (unpaired) electrons. The summed E-state index contributed by atoms with van der Waals surface area (Å²) in [6.07, 6.45) is 0.0911. The van der Waals surface area contributed by atoms with E-state index in [2.05, 4.69) is 0 Å². The number of allylic oxidation sites excluding steroid dienone is 2. The first-order chi connectivity index (χ1) is 30.4. The van der Waals surface area contributed by atoms with E-state index in [9.17, 15) is 0 Å². The van der Waals surface area contributed by atoms with Crippen LogP contribution in [0.1, 0.15) is 102 Å². The zero-order chi connectivity index (χ0) is 45.5. The van der Waals surface area contributed by atoms with Crippen LogP contribution in [-0.2, 0) is 38.1 Å². The molecule has 5 aromatic carbocycles. The van der Waals surface area contributed by atoms with E-state index in [0.29, 0.717) is 39.4 Å². The normalized spacial score (nSPS) is 24.0. The highest BCUT2D eigenvalue weighted by Crippen LogP contribution is 2.71. The van der Waals surface area contributed by atoms with Gasteiger partial charge in [-0.1, -0.05) is 119 Å². The Kier molecular flexibility index (Phi) is 10.2. The highest BCUT2D eigenvalue weighted by Gasteiger charge is 2.75. The third kappa shape index (κ3) is 6.60. The predicted molar refractivity (Wildman–Crippen MR) is 240 cm³/mol. The molecular formula is C54H53NO9. The van der Waals surface area contributed by atoms with Crippen LogP contribution in [-0.4, -0.2) is 42.6 Å². The Hall–Kier alpha value is -6.68. The van der Waals surface area contributed by atoms with E-state index >= 15 is 19.2 Å². The van der Waals surface area contributed by atoms with E-state index in [1.807, 2.05) is 154 Å². The van der Waals surface area contributed by atoms with Crippen LogP contribution in [0.15, 0.2) is 133 Å². The van der Waals surface area contributed by atoms with Crippen LogP contribution in [0.4, 0.5) is 5.69 Å². The second-order valence-corrected chi connectivity index (χ2v) is 18.7. The SMILES string of the molecule is COc1ccc(N2C3=C(C(c4ccc(C)cc4)C4(C(=O)OC(C)(C)OC4=O)C(c4ccc(C)cc4)C3)C(c3ccc(C)cc3)C3(C(=O)OC(C)(C)OC3=O)C2c2ccc(C)cc2)cc1. The van der Waals surface area contributed by atoms with Crippen LogP contribution in [0.3, 0.4) is 0 Å². The average molecular weight is 860 g/mol. The molecule has 4 aliphatic rings. The third-order valence-electron chi connectivity index (χ3n) is 13.5. The summed E-state index contributed by atoms with van der Waals surface area (Å²) in [7, 11) is 1.59. The topological polar surface area (TPSA) is 118 Å². The number of aryl methyl sites for hydroxylation is 4. The minimum Gasteiger partial charge on any atom is -0.497 e. The van der Waals surface area contributed by atoms with Crippen molar-refractivity contribution in [3.8, 4) is 5.75 Å². The summed E-state index contributed by atoms with van der Waals surface area (Å²) in [5.41, 5.74) is 4.02. The molecule has 3 heterocycles. The summed E-state index contributed by atoms with van der Waals surface area (Å²) in [6, 6.07) is 37.4. The average Bonchev–Trinajstić information content (AvgIpc) is 3.24. The standard InChI is InChI=1S/C54H53NO9/c1-31-10-18-35(19-11-31)41-30-42-43(44(36-20-12-32(2)13-21-36)53(41)47(56)61-51(5,6)62-48(53)57)45(37-22-14-33(3)15-23-37)54(49(58)63-52(7,8)64-50(54)59)46(38-24-16-34(4)17-25-38)55(42)39-26-28-40(60-9)29-27-39/h10-29,41,44-46H,30H2,1-9H3. The third-order valence-corrected chi connectivity index (χ3v) is 13.5. The molecule has 10 heteroatoms. The zero-order valence-electron chi connectivity index (χ0n) is 37.7. The maximum Gasteiger partial charge on any atom is 0.330 e. The molecule has 0 saturated carbocycles. The molecule has 0 aromatic heterocycles. The van der Waals surface area contributed by atoms with Gasteiger partial charge in [-0.05, 0) is 86.2 Å². The Morgan fingerprint density at radius 3 is 1.25 bits per heavy atom. The quantitative estimate of drug-likeness (QED) is 0.121. The van der Waals surface area contributed by atoms with E-state index < -0.39 is 70.1 Å². The van der Waals surface area contributed by atoms with Crippen LogP contribution < -0.4 is 9.64 Å². The van der Waals surface area contributed by atoms with Crippen LogP contribution in [0, 0.1) is 38.5 Å². The summed E-state index contributed by atoms with van der Waals surface area (Å²) in [4.78, 5) is 65.0. The fraction of sp³-hybridized carbons (Fsp3) is 0.333. The molecule has 9 rings (SSSR count). The number of rotatable bonds is 6. The van der Waals surface area contributed by atoms with Crippen molar-refractivity contribution < 1.29 is 42.9 Å². The molecule has 10 nitrogen and oxygen atoms in total. The van der Waals surface area contributed by atoms with Crippen LogP contribution in [0.2, 0.25) is 0 Å². The number of carbonyl (C=O) groups is 4. The van der Waals surface area contributed by atoms with E-state index in [1.165, 1.54) is 0 Å². The predicted octanol–water partition coefficient (Wildman–Crippen LogP) is 10.1. The number of ether oxygens (including phenoxy) is 5. The van der Waals surface area contributed by atoms with E-state index in [1.54, 1.807) is 34.8 Å². The highest BCUT2D eigenvalue weighted by molar-refractivity contribution is 6.08. The molecule has 3 aliphatic heterocycles. The molecule has 2 spiro atoms. The van der Waals surface area contributed by atoms with Crippen LogP contribution in [0.5, 0.6) is 5.75 Å². The molecule has 4 atom stereocenters. The molecule has 1 aliphatic carbocycles. The van der Waals surface area contributed by atoms with Gasteiger partial charge in [0, 0.05) is 56.8 Å². The smallest absolute Gasteiger partial charge is 0.330 e. The Morgan fingerprint density at radius 1 is 0.484 bits per heavy atom. The maximum atomic E-state index is 15.9. The van der Waals surface area contributed by atoms with Gasteiger partial charge in [-0.25, -0.2) is 0 Å². The Morgan fingerprint density at radius 2 is 0.844 bits per heavy atom. The van der Waals surface area contributed by atoms with E-state index in [0.717, 1.165) is 27.8 Å². The van der Waals surface area contributed by atoms with Gasteiger partial charge in [-0.3, -0.25) is 19.2 Å². The van der Waals surface area contributed by atoms with Gasteiger partial charge in [0.05, 0.1) is 13.2 Å². The lowest BCUT2D eigenvalue weighted by Crippen LogP contribution is -2.67. The van der Waals surface area contributed by atoms with Gasteiger partial charge in [-0.15, -0.1) is 0 Å². The van der Waals surface area contributed by atoms with Gasteiger partial charge in [0.1, 0.15) is 5.75 Å². The van der Waals surface area contributed by atoms with Crippen molar-refractivity contribution in [1.29, 1.82) is 0 Å². The van der Waals surface area contributed by atoms with Gasteiger partial charge in [0.2, 0.25) is 0 Å². The summed E-state index contributed by atoms with van der Waals surface area (Å²) in [5.74, 6) is -8.94. The molecule has 0 bridgehead atoms. The maximum absolute atomic E-state index is 15.9. The number of nitrogens with zero attached hydrogens (tertiary/aromatic N) is 1. The number of methoxy groups -OCH3 is 1. The van der Waals surface area contributed by atoms with Crippen molar-refractivity contribution in [3.05, 3.63) is 177 Å². The van der Waals surface area contributed by atoms with E-state index in [-0.39, 0.29) is 6.42 Å². The fourth-order valence-electron chi connectivity index (χ4n) is 10.6. The van der Waals surface area contributed by atoms with Gasteiger partial charge in [0.15, 0.2) is 10.8 Å². The number of carbonyl (C=O) groups excluding carboxylic acids is 4. The number of hydrogen-bond donors (Lipinski definition) is 0. The molecular weight excluding hydrogens is 807 g/mol. The first-order valence-electron chi connectivity index (χ1n) is 21.8. The summed E-state index contributed by atoms with van der Waals surface area (Å²) in [6.45, 7) is 14.1. The fourth-order valence-corrected chi connectivity index (χ4v) is 10.6. The molecule has 2 saturated heterocycles. The largest absolute Gasteiger partial charge is 0.497 e. The Bertz CT molecular complexity index is 2610. The monoisotopic (exact) mass is 859 g/mol. The van der Waals surface area contributed by atoms with Gasteiger partial charge >= 0.3 is 23.9 Å². The number of cyclic esters (lactones) is 4. The number of benzene rings is 5. The number of hydrogen-bond acceptors (Lipinski definition) is 10. The summed E-state index contributed by atoms with van der Waals surface area (Å²) >= 11 is 0. The molecule has 2 fully saturated rings. The van der Waals surface area contributed by atoms with Crippen molar-refractivity contribution in [3.63, 3.8) is 0 Å².